The van der Waals surface area contributed by atoms with E-state index in [2.05, 4.69) is 20.6 Å². The minimum absolute atomic E-state index is 0.146. The predicted octanol–water partition coefficient (Wildman–Crippen LogP) is 1.50. The lowest BCUT2D eigenvalue weighted by atomic mass is 9.98. The van der Waals surface area contributed by atoms with Crippen LogP contribution in [-0.2, 0) is 22.7 Å². The number of guanidine groups is 1. The number of sulfonamides is 1. The van der Waals surface area contributed by atoms with E-state index in [0.717, 1.165) is 29.6 Å². The van der Waals surface area contributed by atoms with Gasteiger partial charge in [-0.1, -0.05) is 0 Å². The highest BCUT2D eigenvalue weighted by Crippen LogP contribution is 2.29. The van der Waals surface area contributed by atoms with Crippen LogP contribution in [0.5, 0.6) is 0 Å². The average molecular weight is 413 g/mol. The molecular weight excluding hydrogens is 391 g/mol. The van der Waals surface area contributed by atoms with Crippen molar-refractivity contribution in [3.8, 4) is 0 Å². The van der Waals surface area contributed by atoms with E-state index in [1.165, 1.54) is 10.6 Å². The van der Waals surface area contributed by atoms with Crippen LogP contribution in [0.15, 0.2) is 10.4 Å². The van der Waals surface area contributed by atoms with Crippen molar-refractivity contribution < 1.29 is 21.6 Å². The van der Waals surface area contributed by atoms with Gasteiger partial charge >= 0.3 is 6.18 Å². The van der Waals surface area contributed by atoms with E-state index in [1.54, 1.807) is 7.05 Å². The molecule has 2 N–H and O–H groups in total. The van der Waals surface area contributed by atoms with Gasteiger partial charge in [-0.25, -0.2) is 17.7 Å². The van der Waals surface area contributed by atoms with Gasteiger partial charge in [0.15, 0.2) is 11.7 Å². The standard InChI is InChI=1S/C14H22F3N5O2S2/c1-18-13(20-8-12-21-11(9-25-12)14(15,16)17)19-7-10-3-5-22(6-4-10)26(2,23)24/h9-10H,3-8H2,1-2H3,(H2,18,19,20). The number of aliphatic imine (C=N–C) groups is 1. The summed E-state index contributed by atoms with van der Waals surface area (Å²) in [5, 5.41) is 7.37. The van der Waals surface area contributed by atoms with Crippen molar-refractivity contribution in [3.05, 3.63) is 16.1 Å². The summed E-state index contributed by atoms with van der Waals surface area (Å²) in [7, 11) is -1.57. The Balaban J connectivity index is 1.76. The summed E-state index contributed by atoms with van der Waals surface area (Å²) in [5.41, 5.74) is -0.889. The van der Waals surface area contributed by atoms with Crippen LogP contribution in [0.3, 0.4) is 0 Å². The van der Waals surface area contributed by atoms with Gasteiger partial charge in [0.1, 0.15) is 5.01 Å². The first-order chi connectivity index (χ1) is 12.1. The molecule has 2 rings (SSSR count). The quantitative estimate of drug-likeness (QED) is 0.564. The normalized spacial score (nSPS) is 18.1. The molecule has 2 heterocycles. The molecule has 1 saturated heterocycles. The smallest absolute Gasteiger partial charge is 0.356 e. The van der Waals surface area contributed by atoms with E-state index in [9.17, 15) is 21.6 Å². The van der Waals surface area contributed by atoms with Crippen molar-refractivity contribution in [1.82, 2.24) is 19.9 Å². The first-order valence-corrected chi connectivity index (χ1v) is 10.7. The molecule has 1 aromatic rings. The molecule has 0 aromatic carbocycles. The maximum absolute atomic E-state index is 12.5. The van der Waals surface area contributed by atoms with Crippen molar-refractivity contribution >= 4 is 27.3 Å². The van der Waals surface area contributed by atoms with Gasteiger partial charge in [-0.05, 0) is 18.8 Å². The fourth-order valence-electron chi connectivity index (χ4n) is 2.59. The number of nitrogens with one attached hydrogen (secondary N) is 2. The maximum atomic E-state index is 12.5. The second-order valence-electron chi connectivity index (χ2n) is 6.04. The van der Waals surface area contributed by atoms with Crippen molar-refractivity contribution in [2.75, 3.05) is 32.9 Å². The van der Waals surface area contributed by atoms with Crippen LogP contribution >= 0.6 is 11.3 Å². The number of rotatable bonds is 5. The number of aromatic nitrogens is 1. The Morgan fingerprint density at radius 2 is 2.04 bits per heavy atom. The van der Waals surface area contributed by atoms with E-state index in [1.807, 2.05) is 0 Å². The molecule has 0 spiro atoms. The van der Waals surface area contributed by atoms with Crippen LogP contribution in [0.2, 0.25) is 0 Å². The highest BCUT2D eigenvalue weighted by Gasteiger charge is 2.33. The fourth-order valence-corrected chi connectivity index (χ4v) is 4.20. The first-order valence-electron chi connectivity index (χ1n) is 8.01. The predicted molar refractivity (Wildman–Crippen MR) is 94.5 cm³/mol. The number of hydrogen-bond donors (Lipinski definition) is 2. The zero-order chi connectivity index (χ0) is 19.4. The average Bonchev–Trinajstić information content (AvgIpc) is 3.04. The van der Waals surface area contributed by atoms with Crippen molar-refractivity contribution in [2.45, 2.75) is 25.6 Å². The van der Waals surface area contributed by atoms with Crippen molar-refractivity contribution in [2.24, 2.45) is 10.9 Å². The van der Waals surface area contributed by atoms with Gasteiger partial charge in [-0.15, -0.1) is 11.3 Å². The SMILES string of the molecule is CN=C(NCc1nc(C(F)(F)F)cs1)NCC1CCN(S(C)(=O)=O)CC1. The summed E-state index contributed by atoms with van der Waals surface area (Å²) in [5.74, 6) is 0.780. The lowest BCUT2D eigenvalue weighted by molar-refractivity contribution is -0.140. The number of thiazole rings is 1. The van der Waals surface area contributed by atoms with Gasteiger partial charge < -0.3 is 10.6 Å². The Labute approximate surface area is 154 Å². The first kappa shape index (κ1) is 20.9. The molecule has 0 amide bonds. The molecule has 0 saturated carbocycles. The maximum Gasteiger partial charge on any atom is 0.434 e. The Kier molecular flexibility index (Phi) is 6.86. The molecule has 0 unspecified atom stereocenters. The molecule has 0 radical (unpaired) electrons. The molecule has 7 nitrogen and oxygen atoms in total. The fraction of sp³-hybridized carbons (Fsp3) is 0.714. The summed E-state index contributed by atoms with van der Waals surface area (Å²) in [6.07, 6.45) is -1.73. The number of alkyl halides is 3. The molecule has 26 heavy (non-hydrogen) atoms. The summed E-state index contributed by atoms with van der Waals surface area (Å²) >= 11 is 0.939. The third-order valence-electron chi connectivity index (χ3n) is 4.07. The Bertz CT molecular complexity index is 725. The van der Waals surface area contributed by atoms with Gasteiger partial charge in [0.05, 0.1) is 12.8 Å². The molecule has 1 fully saturated rings. The van der Waals surface area contributed by atoms with Crippen LogP contribution in [0.4, 0.5) is 13.2 Å². The molecule has 0 atom stereocenters. The van der Waals surface area contributed by atoms with Crippen LogP contribution in [0.25, 0.3) is 0 Å². The number of halogens is 3. The number of hydrogen-bond acceptors (Lipinski definition) is 5. The highest BCUT2D eigenvalue weighted by atomic mass is 32.2. The molecule has 1 aromatic heterocycles. The molecule has 1 aliphatic heterocycles. The van der Waals surface area contributed by atoms with Crippen molar-refractivity contribution in [1.29, 1.82) is 0 Å². The Morgan fingerprint density at radius 1 is 1.38 bits per heavy atom. The van der Waals surface area contributed by atoms with Gasteiger partial charge in [-0.2, -0.15) is 13.2 Å². The third kappa shape index (κ3) is 6.09. The highest BCUT2D eigenvalue weighted by molar-refractivity contribution is 7.88. The minimum Gasteiger partial charge on any atom is -0.356 e. The van der Waals surface area contributed by atoms with Gasteiger partial charge in [0, 0.05) is 32.1 Å². The van der Waals surface area contributed by atoms with Gasteiger partial charge in [0.2, 0.25) is 10.0 Å². The second kappa shape index (κ2) is 8.53. The number of piperidine rings is 1. The molecule has 0 bridgehead atoms. The van der Waals surface area contributed by atoms with Crippen LogP contribution in [0, 0.1) is 5.92 Å². The second-order valence-corrected chi connectivity index (χ2v) is 8.96. The molecular formula is C14H22F3N5O2S2. The van der Waals surface area contributed by atoms with E-state index >= 15 is 0 Å². The van der Waals surface area contributed by atoms with Gasteiger partial charge in [0.25, 0.3) is 0 Å². The Hall–Kier alpha value is -1.40. The summed E-state index contributed by atoms with van der Waals surface area (Å²) in [6.45, 7) is 1.75. The van der Waals surface area contributed by atoms with Crippen LogP contribution in [0.1, 0.15) is 23.5 Å². The Morgan fingerprint density at radius 3 is 2.54 bits per heavy atom. The van der Waals surface area contributed by atoms with E-state index in [4.69, 9.17) is 0 Å². The lowest BCUT2D eigenvalue weighted by Gasteiger charge is -2.30. The monoisotopic (exact) mass is 413 g/mol. The molecule has 1 aliphatic rings. The lowest BCUT2D eigenvalue weighted by Crippen LogP contribution is -2.43. The zero-order valence-electron chi connectivity index (χ0n) is 14.5. The van der Waals surface area contributed by atoms with Crippen LogP contribution < -0.4 is 10.6 Å². The van der Waals surface area contributed by atoms with E-state index in [-0.39, 0.29) is 6.54 Å². The zero-order valence-corrected chi connectivity index (χ0v) is 16.1. The topological polar surface area (TPSA) is 86.7 Å². The number of nitrogens with zero attached hydrogens (tertiary/aromatic N) is 3. The minimum atomic E-state index is -4.44. The summed E-state index contributed by atoms with van der Waals surface area (Å²) in [4.78, 5) is 7.59. The van der Waals surface area contributed by atoms with Gasteiger partial charge in [-0.3, -0.25) is 4.99 Å². The van der Waals surface area contributed by atoms with E-state index < -0.39 is 21.9 Å². The summed E-state index contributed by atoms with van der Waals surface area (Å²) < 4.78 is 62.1. The van der Waals surface area contributed by atoms with Crippen LogP contribution in [-0.4, -0.2) is 56.6 Å². The van der Waals surface area contributed by atoms with E-state index in [0.29, 0.717) is 36.5 Å². The summed E-state index contributed by atoms with van der Waals surface area (Å²) in [6, 6.07) is 0. The van der Waals surface area contributed by atoms with Crippen molar-refractivity contribution in [3.63, 3.8) is 0 Å². The molecule has 0 aliphatic carbocycles. The molecule has 12 heteroatoms. The third-order valence-corrected chi connectivity index (χ3v) is 6.23. The largest absolute Gasteiger partial charge is 0.434 e. The molecule has 148 valence electrons.